The molecule has 0 unspecified atom stereocenters. The molecule has 0 aliphatic carbocycles. The Bertz CT molecular complexity index is 583. The van der Waals surface area contributed by atoms with Gasteiger partial charge in [-0.2, -0.15) is 0 Å². The first-order chi connectivity index (χ1) is 8.15. The molecule has 84 valence electrons. The fourth-order valence-corrected chi connectivity index (χ4v) is 1.64. The Labute approximate surface area is 102 Å². The molecule has 0 radical (unpaired) electrons. The summed E-state index contributed by atoms with van der Waals surface area (Å²) in [6.07, 6.45) is 0. The maximum atomic E-state index is 9.17. The Kier molecular flexibility index (Phi) is 3.16. The zero-order valence-corrected chi connectivity index (χ0v) is 9.99. The van der Waals surface area contributed by atoms with Crippen LogP contribution in [0.2, 0.25) is 0 Å². The number of hydrogen-bond donors (Lipinski definition) is 1. The number of phenols is 1. The van der Waals surface area contributed by atoms with Crippen LogP contribution >= 0.6 is 0 Å². The van der Waals surface area contributed by atoms with Crippen LogP contribution in [-0.2, 0) is 0 Å². The van der Waals surface area contributed by atoms with Crippen molar-refractivity contribution in [3.05, 3.63) is 64.7 Å². The van der Waals surface area contributed by atoms with Crippen molar-refractivity contribution in [1.82, 2.24) is 0 Å². The van der Waals surface area contributed by atoms with Crippen LogP contribution in [0, 0.1) is 25.7 Å². The lowest BCUT2D eigenvalue weighted by Gasteiger charge is -1.99. The third-order valence-electron chi connectivity index (χ3n) is 2.59. The van der Waals surface area contributed by atoms with Crippen LogP contribution in [0.15, 0.2) is 42.5 Å². The Balaban J connectivity index is 2.29. The Hall–Kier alpha value is -2.20. The van der Waals surface area contributed by atoms with Gasteiger partial charge in [0.2, 0.25) is 0 Å². The maximum Gasteiger partial charge on any atom is 0.115 e. The largest absolute Gasteiger partial charge is 0.508 e. The number of aryl methyl sites for hydroxylation is 2. The summed E-state index contributed by atoms with van der Waals surface area (Å²) < 4.78 is 0. The van der Waals surface area contributed by atoms with Gasteiger partial charge < -0.3 is 5.11 Å². The van der Waals surface area contributed by atoms with Gasteiger partial charge in [0.25, 0.3) is 0 Å². The first-order valence-electron chi connectivity index (χ1n) is 5.53. The highest BCUT2D eigenvalue weighted by molar-refractivity contribution is 5.47. The van der Waals surface area contributed by atoms with Gasteiger partial charge in [-0.1, -0.05) is 29.5 Å². The Morgan fingerprint density at radius 3 is 2.24 bits per heavy atom. The lowest BCUT2D eigenvalue weighted by Crippen LogP contribution is -1.83. The second-order valence-electron chi connectivity index (χ2n) is 4.12. The Morgan fingerprint density at radius 1 is 0.882 bits per heavy atom. The quantitative estimate of drug-likeness (QED) is 0.677. The summed E-state index contributed by atoms with van der Waals surface area (Å²) in [6.45, 7) is 4.14. The minimum Gasteiger partial charge on any atom is -0.508 e. The van der Waals surface area contributed by atoms with E-state index in [0.29, 0.717) is 0 Å². The molecule has 0 heterocycles. The van der Waals surface area contributed by atoms with E-state index in [1.165, 1.54) is 11.1 Å². The molecule has 1 heteroatoms. The smallest absolute Gasteiger partial charge is 0.115 e. The predicted molar refractivity (Wildman–Crippen MR) is 70.0 cm³/mol. The number of phenolic OH excluding ortho intramolecular Hbond substituents is 1. The molecule has 2 aromatic rings. The summed E-state index contributed by atoms with van der Waals surface area (Å²) in [4.78, 5) is 0. The molecule has 0 atom stereocenters. The van der Waals surface area contributed by atoms with Crippen LogP contribution < -0.4 is 0 Å². The topological polar surface area (TPSA) is 20.2 Å². The zero-order chi connectivity index (χ0) is 12.3. The maximum absolute atomic E-state index is 9.17. The monoisotopic (exact) mass is 222 g/mol. The van der Waals surface area contributed by atoms with Crippen molar-refractivity contribution in [3.63, 3.8) is 0 Å². The van der Waals surface area contributed by atoms with E-state index < -0.39 is 0 Å². The van der Waals surface area contributed by atoms with Gasteiger partial charge >= 0.3 is 0 Å². The highest BCUT2D eigenvalue weighted by atomic mass is 16.3. The third-order valence-corrected chi connectivity index (χ3v) is 2.59. The van der Waals surface area contributed by atoms with Gasteiger partial charge in [0.05, 0.1) is 0 Å². The van der Waals surface area contributed by atoms with Gasteiger partial charge in [-0.05, 0) is 49.7 Å². The van der Waals surface area contributed by atoms with Crippen LogP contribution in [-0.4, -0.2) is 5.11 Å². The molecule has 2 aromatic carbocycles. The first-order valence-corrected chi connectivity index (χ1v) is 5.53. The molecule has 0 bridgehead atoms. The van der Waals surface area contributed by atoms with Crippen molar-refractivity contribution in [3.8, 4) is 17.6 Å². The highest BCUT2D eigenvalue weighted by Gasteiger charge is 1.94. The van der Waals surface area contributed by atoms with Crippen molar-refractivity contribution in [2.45, 2.75) is 13.8 Å². The van der Waals surface area contributed by atoms with Gasteiger partial charge in [-0.25, -0.2) is 0 Å². The number of rotatable bonds is 0. The first kappa shape index (κ1) is 11.3. The average molecular weight is 222 g/mol. The molecule has 17 heavy (non-hydrogen) atoms. The van der Waals surface area contributed by atoms with Crippen LogP contribution in [0.25, 0.3) is 0 Å². The van der Waals surface area contributed by atoms with Gasteiger partial charge in [-0.15, -0.1) is 0 Å². The van der Waals surface area contributed by atoms with Crippen LogP contribution in [0.5, 0.6) is 5.75 Å². The summed E-state index contributed by atoms with van der Waals surface area (Å²) in [7, 11) is 0. The fraction of sp³-hybridized carbons (Fsp3) is 0.125. The van der Waals surface area contributed by atoms with Gasteiger partial charge in [-0.3, -0.25) is 0 Å². The van der Waals surface area contributed by atoms with E-state index in [2.05, 4.69) is 37.8 Å². The van der Waals surface area contributed by atoms with E-state index in [9.17, 15) is 0 Å². The van der Waals surface area contributed by atoms with E-state index >= 15 is 0 Å². The zero-order valence-electron chi connectivity index (χ0n) is 9.99. The SMILES string of the molecule is Cc1ccc(C#Cc2ccc(O)cc2)c(C)c1. The molecule has 0 spiro atoms. The molecule has 2 rings (SSSR count). The summed E-state index contributed by atoms with van der Waals surface area (Å²) >= 11 is 0. The summed E-state index contributed by atoms with van der Waals surface area (Å²) in [6, 6.07) is 13.1. The second-order valence-corrected chi connectivity index (χ2v) is 4.12. The second kappa shape index (κ2) is 4.76. The molecule has 0 aliphatic rings. The molecule has 1 nitrogen and oxygen atoms in total. The normalized spacial score (nSPS) is 9.53. The summed E-state index contributed by atoms with van der Waals surface area (Å²) in [5.74, 6) is 6.50. The minimum absolute atomic E-state index is 0.266. The van der Waals surface area contributed by atoms with Gasteiger partial charge in [0.15, 0.2) is 0 Å². The standard InChI is InChI=1S/C16H14O/c1-12-3-7-15(13(2)11-12)8-4-14-5-9-16(17)10-6-14/h3,5-7,9-11,17H,1-2H3. The lowest BCUT2D eigenvalue weighted by molar-refractivity contribution is 0.475. The van der Waals surface area contributed by atoms with E-state index in [1.54, 1.807) is 12.1 Å². The predicted octanol–water partition coefficient (Wildman–Crippen LogP) is 3.41. The van der Waals surface area contributed by atoms with Crippen LogP contribution in [0.1, 0.15) is 22.3 Å². The third kappa shape index (κ3) is 2.89. The number of hydrogen-bond acceptors (Lipinski definition) is 1. The molecular formula is C16H14O. The number of aromatic hydroxyl groups is 1. The van der Waals surface area contributed by atoms with Crippen molar-refractivity contribution in [2.75, 3.05) is 0 Å². The van der Waals surface area contributed by atoms with E-state index in [1.807, 2.05) is 18.2 Å². The average Bonchev–Trinajstić information content (AvgIpc) is 2.30. The van der Waals surface area contributed by atoms with Crippen LogP contribution in [0.4, 0.5) is 0 Å². The van der Waals surface area contributed by atoms with Gasteiger partial charge in [0.1, 0.15) is 5.75 Å². The van der Waals surface area contributed by atoms with Crippen molar-refractivity contribution >= 4 is 0 Å². The fourth-order valence-electron chi connectivity index (χ4n) is 1.64. The number of benzene rings is 2. The minimum atomic E-state index is 0.266. The molecule has 0 aromatic heterocycles. The van der Waals surface area contributed by atoms with Crippen molar-refractivity contribution in [2.24, 2.45) is 0 Å². The van der Waals surface area contributed by atoms with Crippen molar-refractivity contribution in [1.29, 1.82) is 0 Å². The molecule has 0 aliphatic heterocycles. The molecule has 0 saturated heterocycles. The lowest BCUT2D eigenvalue weighted by atomic mass is 10.1. The highest BCUT2D eigenvalue weighted by Crippen LogP contribution is 2.11. The van der Waals surface area contributed by atoms with E-state index in [0.717, 1.165) is 11.1 Å². The molecule has 0 fully saturated rings. The molecule has 1 N–H and O–H groups in total. The summed E-state index contributed by atoms with van der Waals surface area (Å²) in [5, 5.41) is 9.17. The van der Waals surface area contributed by atoms with Gasteiger partial charge in [0, 0.05) is 11.1 Å². The molecule has 0 saturated carbocycles. The van der Waals surface area contributed by atoms with Crippen LogP contribution in [0.3, 0.4) is 0 Å². The molecular weight excluding hydrogens is 208 g/mol. The Morgan fingerprint density at radius 2 is 1.59 bits per heavy atom. The summed E-state index contributed by atoms with van der Waals surface area (Å²) in [5.41, 5.74) is 4.39. The molecule has 0 amide bonds. The van der Waals surface area contributed by atoms with Crippen molar-refractivity contribution < 1.29 is 5.11 Å². The van der Waals surface area contributed by atoms with E-state index in [-0.39, 0.29) is 5.75 Å². The van der Waals surface area contributed by atoms with E-state index in [4.69, 9.17) is 5.11 Å².